The van der Waals surface area contributed by atoms with E-state index in [2.05, 4.69) is 15.4 Å². The predicted octanol–water partition coefficient (Wildman–Crippen LogP) is 0.796. The first-order valence-corrected chi connectivity index (χ1v) is 8.28. The zero-order chi connectivity index (χ0) is 17.8. The third kappa shape index (κ3) is 3.81. The third-order valence-electron chi connectivity index (χ3n) is 4.41. The molecule has 1 fully saturated rings. The Morgan fingerprint density at radius 3 is 2.88 bits per heavy atom. The van der Waals surface area contributed by atoms with Crippen molar-refractivity contribution in [3.05, 3.63) is 28.2 Å². The van der Waals surface area contributed by atoms with Crippen molar-refractivity contribution in [2.75, 3.05) is 13.2 Å². The lowest BCUT2D eigenvalue weighted by Crippen LogP contribution is -2.33. The highest BCUT2D eigenvalue weighted by molar-refractivity contribution is 6.00. The van der Waals surface area contributed by atoms with Crippen molar-refractivity contribution in [2.45, 2.75) is 32.1 Å². The van der Waals surface area contributed by atoms with Gasteiger partial charge in [0.1, 0.15) is 18.4 Å². The maximum absolute atomic E-state index is 12.3. The lowest BCUT2D eigenvalue weighted by Gasteiger charge is -2.12. The largest absolute Gasteiger partial charge is 0.480 e. The summed E-state index contributed by atoms with van der Waals surface area (Å²) < 4.78 is 7.13. The number of fused-ring (bicyclic) bond motifs is 1. The predicted molar refractivity (Wildman–Crippen MR) is 87.9 cm³/mol. The van der Waals surface area contributed by atoms with Gasteiger partial charge in [-0.2, -0.15) is 0 Å². The van der Waals surface area contributed by atoms with Crippen LogP contribution in [0.25, 0.3) is 5.65 Å². The number of pyridine rings is 1. The van der Waals surface area contributed by atoms with Crippen LogP contribution in [0, 0.1) is 5.92 Å². The lowest BCUT2D eigenvalue weighted by molar-refractivity contribution is -0.135. The number of nitrogens with zero attached hydrogens (tertiary/aromatic N) is 2. The second-order valence-corrected chi connectivity index (χ2v) is 6.13. The van der Waals surface area contributed by atoms with E-state index in [4.69, 9.17) is 9.84 Å². The van der Waals surface area contributed by atoms with Crippen molar-refractivity contribution in [2.24, 2.45) is 5.92 Å². The second kappa shape index (κ2) is 7.37. The molecular weight excluding hydrogens is 328 g/mol. The molecule has 0 atom stereocenters. The van der Waals surface area contributed by atoms with Crippen molar-refractivity contribution in [3.63, 3.8) is 0 Å². The van der Waals surface area contributed by atoms with Crippen molar-refractivity contribution >= 4 is 17.5 Å². The van der Waals surface area contributed by atoms with Crippen LogP contribution in [0.2, 0.25) is 0 Å². The maximum atomic E-state index is 12.3. The Morgan fingerprint density at radius 1 is 1.40 bits per heavy atom. The summed E-state index contributed by atoms with van der Waals surface area (Å²) in [6.45, 7) is -0.0930. The van der Waals surface area contributed by atoms with Gasteiger partial charge in [-0.15, -0.1) is 0 Å². The van der Waals surface area contributed by atoms with Gasteiger partial charge in [-0.1, -0.05) is 25.7 Å². The number of nitrogens with one attached hydrogen (secondary N) is 2. The molecule has 0 spiro atoms. The quantitative estimate of drug-likeness (QED) is 0.679. The monoisotopic (exact) mass is 348 g/mol. The van der Waals surface area contributed by atoms with Gasteiger partial charge in [0.05, 0.1) is 6.61 Å². The number of ether oxygens (including phenoxy) is 1. The van der Waals surface area contributed by atoms with Crippen LogP contribution in [-0.2, 0) is 4.79 Å². The average molecular weight is 348 g/mol. The number of carbonyl (C=O) groups excluding carboxylic acids is 1. The van der Waals surface area contributed by atoms with E-state index < -0.39 is 23.9 Å². The number of aliphatic carboxylic acids is 1. The van der Waals surface area contributed by atoms with Gasteiger partial charge in [-0.3, -0.25) is 19.5 Å². The molecular formula is C16H20N4O5. The van der Waals surface area contributed by atoms with Gasteiger partial charge in [0.15, 0.2) is 5.65 Å². The molecule has 3 rings (SSSR count). The number of H-pyrrole nitrogens is 1. The van der Waals surface area contributed by atoms with Crippen molar-refractivity contribution in [3.8, 4) is 5.88 Å². The van der Waals surface area contributed by atoms with Gasteiger partial charge in [-0.05, 0) is 12.3 Å². The Labute approximate surface area is 143 Å². The van der Waals surface area contributed by atoms with E-state index >= 15 is 0 Å². The Hall–Kier alpha value is -2.84. The Kier molecular flexibility index (Phi) is 5.01. The van der Waals surface area contributed by atoms with E-state index in [0.717, 1.165) is 6.42 Å². The number of carbonyl (C=O) groups is 2. The molecule has 1 saturated carbocycles. The molecule has 0 bridgehead atoms. The van der Waals surface area contributed by atoms with Crippen LogP contribution in [0.5, 0.6) is 5.88 Å². The van der Waals surface area contributed by atoms with Crippen LogP contribution in [0.15, 0.2) is 17.2 Å². The molecule has 134 valence electrons. The molecule has 2 heterocycles. The molecule has 0 saturated heterocycles. The topological polar surface area (TPSA) is 126 Å². The number of hydrogen-bond donors (Lipinski definition) is 3. The van der Waals surface area contributed by atoms with Gasteiger partial charge < -0.3 is 15.2 Å². The summed E-state index contributed by atoms with van der Waals surface area (Å²) >= 11 is 0. The van der Waals surface area contributed by atoms with Gasteiger partial charge >= 0.3 is 5.97 Å². The first kappa shape index (κ1) is 17.0. The standard InChI is InChI=1S/C16H20N4O5/c21-11-7-12(25-6-5-10-3-1-2-4-10)20-15(18-9-19-20)14(11)16(24)17-8-13(22)23/h7,9-10H,1-6,8H2,(H,17,24)(H,18,19)(H,22,23). The zero-order valence-corrected chi connectivity index (χ0v) is 13.7. The van der Waals surface area contributed by atoms with E-state index in [-0.39, 0.29) is 17.1 Å². The summed E-state index contributed by atoms with van der Waals surface area (Å²) in [5.41, 5.74) is -0.678. The zero-order valence-electron chi connectivity index (χ0n) is 13.7. The minimum Gasteiger partial charge on any atom is -0.480 e. The molecule has 9 nitrogen and oxygen atoms in total. The van der Waals surface area contributed by atoms with Crippen molar-refractivity contribution in [1.29, 1.82) is 0 Å². The number of rotatable bonds is 7. The maximum Gasteiger partial charge on any atom is 0.322 e. The van der Waals surface area contributed by atoms with Gasteiger partial charge in [0.2, 0.25) is 11.3 Å². The molecule has 1 aliphatic rings. The average Bonchev–Trinajstić information content (AvgIpc) is 3.24. The second-order valence-electron chi connectivity index (χ2n) is 6.13. The molecule has 0 aliphatic heterocycles. The van der Waals surface area contributed by atoms with Crippen LogP contribution in [-0.4, -0.2) is 44.7 Å². The third-order valence-corrected chi connectivity index (χ3v) is 4.41. The van der Waals surface area contributed by atoms with Gasteiger partial charge in [-0.25, -0.2) is 9.50 Å². The number of hydrogen-bond acceptors (Lipinski definition) is 5. The smallest absolute Gasteiger partial charge is 0.322 e. The number of carboxylic acids is 1. The van der Waals surface area contributed by atoms with Crippen LogP contribution in [0.1, 0.15) is 42.5 Å². The normalized spacial score (nSPS) is 14.7. The number of amides is 1. The minimum absolute atomic E-state index is 0.103. The van der Waals surface area contributed by atoms with Crippen LogP contribution in [0.4, 0.5) is 0 Å². The fourth-order valence-corrected chi connectivity index (χ4v) is 3.16. The highest BCUT2D eigenvalue weighted by Gasteiger charge is 2.20. The van der Waals surface area contributed by atoms with Gasteiger partial charge in [0.25, 0.3) is 5.91 Å². The summed E-state index contributed by atoms with van der Waals surface area (Å²) in [6, 6.07) is 1.22. The van der Waals surface area contributed by atoms with Gasteiger partial charge in [0, 0.05) is 6.07 Å². The molecule has 9 heteroatoms. The fraction of sp³-hybridized carbons (Fsp3) is 0.500. The van der Waals surface area contributed by atoms with E-state index in [1.165, 1.54) is 42.6 Å². The fourth-order valence-electron chi connectivity index (χ4n) is 3.16. The number of aromatic amines is 1. The van der Waals surface area contributed by atoms with Crippen molar-refractivity contribution < 1.29 is 19.4 Å². The Balaban J connectivity index is 1.78. The molecule has 2 aromatic rings. The Morgan fingerprint density at radius 2 is 2.16 bits per heavy atom. The molecule has 0 radical (unpaired) electrons. The lowest BCUT2D eigenvalue weighted by atomic mass is 10.1. The molecule has 0 aromatic carbocycles. The molecule has 1 aliphatic carbocycles. The Bertz CT molecular complexity index is 835. The van der Waals surface area contributed by atoms with E-state index in [9.17, 15) is 14.4 Å². The van der Waals surface area contributed by atoms with E-state index in [1.807, 2.05) is 0 Å². The SMILES string of the molecule is O=C(O)CNC(=O)c1c(=O)cc(OCCC2CCCC2)n2[nH]cnc12. The summed E-state index contributed by atoms with van der Waals surface area (Å²) in [6.07, 6.45) is 7.21. The van der Waals surface area contributed by atoms with E-state index in [1.54, 1.807) is 0 Å². The first-order valence-electron chi connectivity index (χ1n) is 8.28. The molecule has 3 N–H and O–H groups in total. The number of aromatic nitrogens is 3. The summed E-state index contributed by atoms with van der Waals surface area (Å²) in [5, 5.41) is 13.6. The van der Waals surface area contributed by atoms with E-state index in [0.29, 0.717) is 12.5 Å². The first-order chi connectivity index (χ1) is 12.1. The summed E-state index contributed by atoms with van der Waals surface area (Å²) in [4.78, 5) is 39.0. The minimum atomic E-state index is -1.20. The number of carboxylic acid groups (broad SMARTS) is 1. The molecule has 0 unspecified atom stereocenters. The van der Waals surface area contributed by atoms with Crippen LogP contribution < -0.4 is 15.5 Å². The summed E-state index contributed by atoms with van der Waals surface area (Å²) in [7, 11) is 0. The summed E-state index contributed by atoms with van der Waals surface area (Å²) in [5.74, 6) is -1.03. The van der Waals surface area contributed by atoms with Crippen LogP contribution >= 0.6 is 0 Å². The molecule has 25 heavy (non-hydrogen) atoms. The van der Waals surface area contributed by atoms with Crippen LogP contribution in [0.3, 0.4) is 0 Å². The highest BCUT2D eigenvalue weighted by Crippen LogP contribution is 2.27. The molecule has 2 aromatic heterocycles. The molecule has 1 amide bonds. The van der Waals surface area contributed by atoms with Crippen molar-refractivity contribution in [1.82, 2.24) is 19.9 Å². The highest BCUT2D eigenvalue weighted by atomic mass is 16.5.